The molecule has 0 aliphatic heterocycles. The number of anilines is 2. The fraction of sp³-hybridized carbons (Fsp3) is 0.387. The molecule has 0 bridgehead atoms. The van der Waals surface area contributed by atoms with E-state index in [1.165, 1.54) is 114 Å². The first-order valence-electron chi connectivity index (χ1n) is 24.9. The maximum atomic E-state index is 3.75. The molecule has 2 nitrogen and oxygen atoms in total. The highest BCUT2D eigenvalue weighted by atomic mass is 79.9. The van der Waals surface area contributed by atoms with Gasteiger partial charge in [-0.25, -0.2) is 0 Å². The van der Waals surface area contributed by atoms with E-state index in [2.05, 4.69) is 165 Å². The fourth-order valence-corrected chi connectivity index (χ4v) is 8.63. The van der Waals surface area contributed by atoms with Crippen LogP contribution in [0, 0.1) is 47.4 Å². The Labute approximate surface area is 417 Å². The van der Waals surface area contributed by atoms with Crippen LogP contribution in [0.25, 0.3) is 0 Å². The minimum absolute atomic E-state index is 0.896. The van der Waals surface area contributed by atoms with E-state index in [1.54, 1.807) is 0 Å². The van der Waals surface area contributed by atoms with E-state index in [4.69, 9.17) is 0 Å². The Morgan fingerprint density at radius 2 is 0.530 bits per heavy atom. The molecule has 4 heteroatoms. The number of rotatable bonds is 22. The van der Waals surface area contributed by atoms with Gasteiger partial charge >= 0.3 is 0 Å². The van der Waals surface area contributed by atoms with Gasteiger partial charge in [0.1, 0.15) is 0 Å². The molecular weight excluding hydrogens is 933 g/mol. The molecule has 5 aromatic carbocycles. The van der Waals surface area contributed by atoms with Gasteiger partial charge in [0.15, 0.2) is 0 Å². The van der Waals surface area contributed by atoms with Crippen LogP contribution in [-0.2, 0) is 0 Å². The largest absolute Gasteiger partial charge is 0.372 e. The van der Waals surface area contributed by atoms with Gasteiger partial charge in [-0.2, -0.15) is 0 Å². The zero-order valence-corrected chi connectivity index (χ0v) is 43.4. The smallest absolute Gasteiger partial charge is 0.0403 e. The lowest BCUT2D eigenvalue weighted by Gasteiger charge is -2.25. The third-order valence-corrected chi connectivity index (χ3v) is 13.1. The average molecular weight is 1000 g/mol. The zero-order valence-electron chi connectivity index (χ0n) is 40.2. The first-order chi connectivity index (χ1) is 32.4. The van der Waals surface area contributed by atoms with Crippen molar-refractivity contribution in [2.75, 3.05) is 36.0 Å². The van der Waals surface area contributed by atoms with Crippen molar-refractivity contribution in [3.8, 4) is 47.4 Å². The maximum absolute atomic E-state index is 3.75. The monoisotopic (exact) mass is 1000 g/mol. The van der Waals surface area contributed by atoms with Gasteiger partial charge in [-0.3, -0.25) is 0 Å². The highest BCUT2D eigenvalue weighted by molar-refractivity contribution is 9.11. The molecule has 0 amide bonds. The summed E-state index contributed by atoms with van der Waals surface area (Å²) in [5.74, 6) is 26.7. The summed E-state index contributed by atoms with van der Waals surface area (Å²) in [7, 11) is 0. The molecule has 0 aliphatic carbocycles. The Morgan fingerprint density at radius 1 is 0.303 bits per heavy atom. The minimum Gasteiger partial charge on any atom is -0.372 e. The quantitative estimate of drug-likeness (QED) is 0.0504. The molecule has 0 heterocycles. The summed E-state index contributed by atoms with van der Waals surface area (Å²) in [5, 5.41) is 0. The van der Waals surface area contributed by atoms with Crippen LogP contribution in [-0.4, -0.2) is 26.2 Å². The topological polar surface area (TPSA) is 6.48 Å². The van der Waals surface area contributed by atoms with Gasteiger partial charge in [0.2, 0.25) is 0 Å². The summed E-state index contributed by atoms with van der Waals surface area (Å²) in [6.45, 7) is 13.6. The van der Waals surface area contributed by atoms with Crippen LogP contribution in [0.1, 0.15) is 175 Å². The molecule has 0 saturated heterocycles. The van der Waals surface area contributed by atoms with Crippen LogP contribution in [0.5, 0.6) is 0 Å². The first-order valence-corrected chi connectivity index (χ1v) is 26.4. The fourth-order valence-electron chi connectivity index (χ4n) is 7.75. The van der Waals surface area contributed by atoms with Gasteiger partial charge in [0, 0.05) is 91.0 Å². The lowest BCUT2D eigenvalue weighted by atomic mass is 10.1. The third kappa shape index (κ3) is 18.6. The second-order valence-corrected chi connectivity index (χ2v) is 19.0. The predicted molar refractivity (Wildman–Crippen MR) is 293 cm³/mol. The molecule has 0 aromatic heterocycles. The number of unbranched alkanes of at least 4 members (excludes halogenated alkanes) is 12. The maximum Gasteiger partial charge on any atom is 0.0403 e. The van der Waals surface area contributed by atoms with E-state index in [-0.39, 0.29) is 0 Å². The molecule has 66 heavy (non-hydrogen) atoms. The van der Waals surface area contributed by atoms with Crippen molar-refractivity contribution >= 4 is 43.2 Å². The van der Waals surface area contributed by atoms with Gasteiger partial charge in [-0.1, -0.05) is 152 Å². The van der Waals surface area contributed by atoms with Gasteiger partial charge in [-0.15, -0.1) is 0 Å². The highest BCUT2D eigenvalue weighted by Gasteiger charge is 2.09. The number of halogens is 2. The van der Waals surface area contributed by atoms with E-state index in [9.17, 15) is 0 Å². The number of hydrogen-bond acceptors (Lipinski definition) is 2. The summed E-state index contributed by atoms with van der Waals surface area (Å²) in [6.07, 6.45) is 20.5. The van der Waals surface area contributed by atoms with Crippen LogP contribution in [0.15, 0.2) is 118 Å². The Kier molecular flexibility index (Phi) is 23.8. The molecule has 0 radical (unpaired) electrons. The van der Waals surface area contributed by atoms with E-state index in [1.807, 2.05) is 60.7 Å². The van der Waals surface area contributed by atoms with Gasteiger partial charge in [0.25, 0.3) is 0 Å². The van der Waals surface area contributed by atoms with Crippen LogP contribution in [0.3, 0.4) is 0 Å². The summed E-state index contributed by atoms with van der Waals surface area (Å²) in [6, 6.07) is 37.9. The molecule has 0 spiro atoms. The van der Waals surface area contributed by atoms with Crippen LogP contribution < -0.4 is 9.80 Å². The molecule has 0 saturated carbocycles. The Bertz CT molecular complexity index is 2430. The van der Waals surface area contributed by atoms with Crippen molar-refractivity contribution in [1.29, 1.82) is 0 Å². The van der Waals surface area contributed by atoms with Gasteiger partial charge in [-0.05, 0) is 167 Å². The Morgan fingerprint density at radius 3 is 0.773 bits per heavy atom. The van der Waals surface area contributed by atoms with Gasteiger partial charge in [0.05, 0.1) is 0 Å². The molecule has 0 N–H and O–H groups in total. The molecule has 342 valence electrons. The molecule has 5 rings (SSSR count). The molecule has 0 unspecified atom stereocenters. The summed E-state index contributed by atoms with van der Waals surface area (Å²) in [5.41, 5.74) is 10.3. The van der Waals surface area contributed by atoms with Crippen molar-refractivity contribution in [3.63, 3.8) is 0 Å². The summed E-state index contributed by atoms with van der Waals surface area (Å²) >= 11 is 7.50. The van der Waals surface area contributed by atoms with Crippen molar-refractivity contribution in [2.24, 2.45) is 0 Å². The van der Waals surface area contributed by atoms with Crippen LogP contribution in [0.4, 0.5) is 11.4 Å². The van der Waals surface area contributed by atoms with E-state index < -0.39 is 0 Å². The normalized spacial score (nSPS) is 10.4. The number of nitrogens with zero attached hydrogens (tertiary/aromatic N) is 2. The van der Waals surface area contributed by atoms with Crippen LogP contribution >= 0.6 is 31.9 Å². The van der Waals surface area contributed by atoms with Crippen LogP contribution in [0.2, 0.25) is 0 Å². The second kappa shape index (κ2) is 30.2. The molecule has 0 atom stereocenters. The molecule has 0 aliphatic rings. The number of benzene rings is 5. The standard InChI is InChI=1S/C62H70Br2N2/c1-5-9-13-17-45-65(46-18-14-10-6-2)59-41-35-55(36-42-59)32-29-52-24-21-51(22-25-52)23-26-53-27-30-54(31-28-53)33-39-57-49-62(64)58(50-61(57)63)40-34-56-37-43-60(44-38-56)66(47-19-15-11-7-3)48-20-16-12-8-4/h21-22,24-25,27-28,30-31,35-38,41-44,49-50H,5-20,45-48H2,1-4H3. The van der Waals surface area contributed by atoms with Crippen molar-refractivity contribution in [1.82, 2.24) is 0 Å². The molecule has 0 fully saturated rings. The second-order valence-electron chi connectivity index (χ2n) is 17.3. The third-order valence-electron chi connectivity index (χ3n) is 11.8. The minimum atomic E-state index is 0.896. The lowest BCUT2D eigenvalue weighted by molar-refractivity contribution is 0.609. The Hall–Kier alpha value is -5.10. The van der Waals surface area contributed by atoms with E-state index >= 15 is 0 Å². The lowest BCUT2D eigenvalue weighted by Crippen LogP contribution is -2.25. The summed E-state index contributed by atoms with van der Waals surface area (Å²) < 4.78 is 1.83. The summed E-state index contributed by atoms with van der Waals surface area (Å²) in [4.78, 5) is 5.13. The predicted octanol–water partition coefficient (Wildman–Crippen LogP) is 16.7. The van der Waals surface area contributed by atoms with Crippen molar-refractivity contribution in [3.05, 3.63) is 163 Å². The van der Waals surface area contributed by atoms with Crippen molar-refractivity contribution in [2.45, 2.75) is 130 Å². The molecule has 5 aromatic rings. The Balaban J connectivity index is 1.14. The SMILES string of the molecule is CCCCCCN(CCCCCC)c1ccc(C#Cc2ccc(C#Cc3ccc(C#Cc4cc(Br)c(C#Cc5ccc(N(CCCCCC)CCCCCC)cc5)cc4Br)cc3)cc2)cc1. The van der Waals surface area contributed by atoms with Gasteiger partial charge < -0.3 is 9.80 Å². The highest BCUT2D eigenvalue weighted by Crippen LogP contribution is 2.26. The average Bonchev–Trinajstić information content (AvgIpc) is 3.35. The van der Waals surface area contributed by atoms with E-state index in [0.717, 1.165) is 79.6 Å². The first kappa shape index (κ1) is 51.9. The molecular formula is C62H70Br2N2. The van der Waals surface area contributed by atoms with E-state index in [0.29, 0.717) is 0 Å². The zero-order chi connectivity index (χ0) is 46.6. The van der Waals surface area contributed by atoms with Crippen molar-refractivity contribution < 1.29 is 0 Å². The number of hydrogen-bond donors (Lipinski definition) is 0.